The number of rotatable bonds is 4. The van der Waals surface area contributed by atoms with Crippen LogP contribution in [0.4, 0.5) is 5.69 Å². The second-order valence-corrected chi connectivity index (χ2v) is 7.67. The summed E-state index contributed by atoms with van der Waals surface area (Å²) < 4.78 is 0. The number of piperazine rings is 1. The Morgan fingerprint density at radius 2 is 1.92 bits per heavy atom. The van der Waals surface area contributed by atoms with Crippen molar-refractivity contribution in [3.05, 3.63) is 29.8 Å². The summed E-state index contributed by atoms with van der Waals surface area (Å²) in [6, 6.07) is 9.14. The van der Waals surface area contributed by atoms with Gasteiger partial charge in [-0.2, -0.15) is 0 Å². The molecular weight excluding hydrogens is 298 g/mol. The molecule has 1 unspecified atom stereocenters. The number of piperidine rings is 1. The van der Waals surface area contributed by atoms with Crippen LogP contribution in [0.2, 0.25) is 0 Å². The minimum atomic E-state index is 0.332. The molecule has 1 aromatic rings. The van der Waals surface area contributed by atoms with Crippen LogP contribution in [0.1, 0.15) is 32.3 Å². The number of anilines is 1. The Morgan fingerprint density at radius 3 is 2.58 bits per heavy atom. The summed E-state index contributed by atoms with van der Waals surface area (Å²) >= 11 is 0. The van der Waals surface area contributed by atoms with Crippen molar-refractivity contribution < 1.29 is 4.79 Å². The van der Waals surface area contributed by atoms with Crippen molar-refractivity contribution in [2.75, 3.05) is 44.2 Å². The average Bonchev–Trinajstić information content (AvgIpc) is 2.57. The smallest absolute Gasteiger partial charge is 0.222 e. The molecule has 0 aliphatic carbocycles. The maximum atomic E-state index is 12.0. The number of benzene rings is 1. The van der Waals surface area contributed by atoms with Gasteiger partial charge in [-0.25, -0.2) is 0 Å². The third-order valence-corrected chi connectivity index (χ3v) is 5.42. The maximum absolute atomic E-state index is 12.0. The van der Waals surface area contributed by atoms with Gasteiger partial charge in [-0.15, -0.1) is 0 Å². The zero-order valence-electron chi connectivity index (χ0n) is 15.4. The second-order valence-electron chi connectivity index (χ2n) is 7.67. The van der Waals surface area contributed by atoms with Crippen LogP contribution in [-0.4, -0.2) is 61.0 Å². The molecule has 0 bridgehead atoms. The van der Waals surface area contributed by atoms with Gasteiger partial charge in [0.15, 0.2) is 0 Å². The van der Waals surface area contributed by atoms with Gasteiger partial charge >= 0.3 is 0 Å². The first-order valence-corrected chi connectivity index (χ1v) is 9.36. The molecule has 0 saturated carbocycles. The Balaban J connectivity index is 1.49. The highest BCUT2D eigenvalue weighted by Gasteiger charge is 2.29. The highest BCUT2D eigenvalue weighted by atomic mass is 16.2. The molecule has 1 aromatic carbocycles. The quantitative estimate of drug-likeness (QED) is 0.850. The Labute approximate surface area is 146 Å². The van der Waals surface area contributed by atoms with Gasteiger partial charge < -0.3 is 9.80 Å². The van der Waals surface area contributed by atoms with Crippen LogP contribution in [0.15, 0.2) is 24.3 Å². The number of likely N-dealkylation sites (tertiary alicyclic amines) is 1. The molecule has 132 valence electrons. The van der Waals surface area contributed by atoms with E-state index < -0.39 is 0 Å². The molecule has 0 spiro atoms. The molecule has 2 aliphatic heterocycles. The SMILES string of the molecule is Cc1cccc(N2CCN(CC3CCC(=O)N(C(C)C)C3)CC2)c1. The van der Waals surface area contributed by atoms with Crippen molar-refractivity contribution in [3.8, 4) is 0 Å². The van der Waals surface area contributed by atoms with Gasteiger partial charge in [-0.05, 0) is 50.8 Å². The minimum absolute atomic E-state index is 0.332. The summed E-state index contributed by atoms with van der Waals surface area (Å²) in [6.45, 7) is 12.9. The molecule has 2 aliphatic rings. The first kappa shape index (κ1) is 17.3. The van der Waals surface area contributed by atoms with Crippen LogP contribution >= 0.6 is 0 Å². The summed E-state index contributed by atoms with van der Waals surface area (Å²) in [6.07, 6.45) is 1.78. The van der Waals surface area contributed by atoms with Crippen molar-refractivity contribution in [3.63, 3.8) is 0 Å². The monoisotopic (exact) mass is 329 g/mol. The predicted molar refractivity (Wildman–Crippen MR) is 99.4 cm³/mol. The third kappa shape index (κ3) is 4.10. The number of nitrogens with zero attached hydrogens (tertiary/aromatic N) is 3. The van der Waals surface area contributed by atoms with Gasteiger partial charge in [0.2, 0.25) is 5.91 Å². The molecule has 0 aromatic heterocycles. The number of aryl methyl sites for hydroxylation is 1. The van der Waals surface area contributed by atoms with Gasteiger partial charge in [-0.3, -0.25) is 9.69 Å². The van der Waals surface area contributed by atoms with Gasteiger partial charge in [0.25, 0.3) is 0 Å². The summed E-state index contributed by atoms with van der Waals surface area (Å²) in [4.78, 5) is 19.2. The standard InChI is InChI=1S/C20H31N3O/c1-16(2)23-15-18(7-8-20(23)24)14-21-9-11-22(12-10-21)19-6-4-5-17(3)13-19/h4-6,13,16,18H,7-12,14-15H2,1-3H3. The van der Waals surface area contributed by atoms with E-state index in [4.69, 9.17) is 0 Å². The van der Waals surface area contributed by atoms with E-state index in [0.717, 1.165) is 52.1 Å². The van der Waals surface area contributed by atoms with Crippen LogP contribution in [0, 0.1) is 12.8 Å². The average molecular weight is 329 g/mol. The van der Waals surface area contributed by atoms with E-state index in [-0.39, 0.29) is 0 Å². The lowest BCUT2D eigenvalue weighted by Crippen LogP contribution is -2.51. The Morgan fingerprint density at radius 1 is 1.17 bits per heavy atom. The van der Waals surface area contributed by atoms with E-state index >= 15 is 0 Å². The van der Waals surface area contributed by atoms with E-state index in [9.17, 15) is 4.79 Å². The molecule has 24 heavy (non-hydrogen) atoms. The largest absolute Gasteiger partial charge is 0.369 e. The molecule has 0 radical (unpaired) electrons. The van der Waals surface area contributed by atoms with Crippen molar-refractivity contribution in [2.45, 2.75) is 39.7 Å². The number of amides is 1. The molecule has 2 heterocycles. The van der Waals surface area contributed by atoms with E-state index in [0.29, 0.717) is 17.9 Å². The molecule has 4 heteroatoms. The van der Waals surface area contributed by atoms with Gasteiger partial charge in [0.05, 0.1) is 0 Å². The maximum Gasteiger partial charge on any atom is 0.222 e. The van der Waals surface area contributed by atoms with Gasteiger partial charge in [0, 0.05) is 57.4 Å². The number of hydrogen-bond donors (Lipinski definition) is 0. The fourth-order valence-corrected chi connectivity index (χ4v) is 3.97. The molecule has 1 amide bonds. The summed E-state index contributed by atoms with van der Waals surface area (Å²) in [7, 11) is 0. The topological polar surface area (TPSA) is 26.8 Å². The molecule has 2 fully saturated rings. The molecule has 1 atom stereocenters. The van der Waals surface area contributed by atoms with Gasteiger partial charge in [0.1, 0.15) is 0 Å². The fraction of sp³-hybridized carbons (Fsp3) is 0.650. The van der Waals surface area contributed by atoms with Crippen molar-refractivity contribution in [1.29, 1.82) is 0 Å². The molecule has 4 nitrogen and oxygen atoms in total. The molecule has 2 saturated heterocycles. The first-order valence-electron chi connectivity index (χ1n) is 9.36. The number of hydrogen-bond acceptors (Lipinski definition) is 3. The predicted octanol–water partition coefficient (Wildman–Crippen LogP) is 2.76. The van der Waals surface area contributed by atoms with Gasteiger partial charge in [-0.1, -0.05) is 12.1 Å². The van der Waals surface area contributed by atoms with Crippen molar-refractivity contribution >= 4 is 11.6 Å². The summed E-state index contributed by atoms with van der Waals surface area (Å²) in [5, 5.41) is 0. The first-order chi connectivity index (χ1) is 11.5. The Kier molecular flexibility index (Phi) is 5.44. The lowest BCUT2D eigenvalue weighted by Gasteiger charge is -2.41. The van der Waals surface area contributed by atoms with Crippen LogP contribution in [0.5, 0.6) is 0 Å². The fourth-order valence-electron chi connectivity index (χ4n) is 3.97. The third-order valence-electron chi connectivity index (χ3n) is 5.42. The van der Waals surface area contributed by atoms with Crippen LogP contribution in [0.25, 0.3) is 0 Å². The van der Waals surface area contributed by atoms with Crippen molar-refractivity contribution in [1.82, 2.24) is 9.80 Å². The Hall–Kier alpha value is -1.55. The minimum Gasteiger partial charge on any atom is -0.369 e. The van der Waals surface area contributed by atoms with E-state index in [1.165, 1.54) is 11.3 Å². The lowest BCUT2D eigenvalue weighted by atomic mass is 9.95. The zero-order valence-corrected chi connectivity index (χ0v) is 15.4. The van der Waals surface area contributed by atoms with Crippen LogP contribution < -0.4 is 4.90 Å². The van der Waals surface area contributed by atoms with E-state index in [2.05, 4.69) is 59.7 Å². The normalized spacial score (nSPS) is 23.2. The highest BCUT2D eigenvalue weighted by Crippen LogP contribution is 2.22. The number of carbonyl (C=O) groups is 1. The molecule has 3 rings (SSSR count). The second kappa shape index (κ2) is 7.56. The lowest BCUT2D eigenvalue weighted by molar-refractivity contribution is -0.136. The van der Waals surface area contributed by atoms with Crippen molar-refractivity contribution in [2.24, 2.45) is 5.92 Å². The molecular formula is C20H31N3O. The van der Waals surface area contributed by atoms with Crippen LogP contribution in [0.3, 0.4) is 0 Å². The number of carbonyl (C=O) groups excluding carboxylic acids is 1. The zero-order chi connectivity index (χ0) is 17.1. The highest BCUT2D eigenvalue weighted by molar-refractivity contribution is 5.77. The van der Waals surface area contributed by atoms with E-state index in [1.54, 1.807) is 0 Å². The van der Waals surface area contributed by atoms with E-state index in [1.807, 2.05) is 0 Å². The molecule has 0 N–H and O–H groups in total. The summed E-state index contributed by atoms with van der Waals surface area (Å²) in [5.74, 6) is 0.973. The van der Waals surface area contributed by atoms with Crippen LogP contribution in [-0.2, 0) is 4.79 Å². The summed E-state index contributed by atoms with van der Waals surface area (Å²) in [5.41, 5.74) is 2.68. The Bertz CT molecular complexity index is 564.